The van der Waals surface area contributed by atoms with E-state index in [1.165, 1.54) is 24.3 Å². The van der Waals surface area contributed by atoms with Gasteiger partial charge in [0.05, 0.1) is 18.4 Å². The van der Waals surface area contributed by atoms with Crippen LogP contribution in [-0.2, 0) is 14.8 Å². The number of fused-ring (bicyclic) bond motifs is 1. The number of anilines is 2. The van der Waals surface area contributed by atoms with E-state index in [1.807, 2.05) is 38.1 Å². The average Bonchev–Trinajstić information content (AvgIpc) is 2.82. The SMILES string of the molecule is Cc1cc(N(C)C)ccc1N=C(C(=O)Nc1ccccc1F)C1=[N+](C)c2ccccc2S(=O)(=O)N1. The third-order valence-electron chi connectivity index (χ3n) is 5.57. The maximum absolute atomic E-state index is 14.3. The lowest BCUT2D eigenvalue weighted by atomic mass is 10.1. The van der Waals surface area contributed by atoms with Crippen molar-refractivity contribution in [1.82, 2.24) is 4.72 Å². The number of amidine groups is 1. The van der Waals surface area contributed by atoms with Crippen molar-refractivity contribution in [2.24, 2.45) is 4.99 Å². The lowest BCUT2D eigenvalue weighted by Crippen LogP contribution is -2.48. The molecule has 180 valence electrons. The molecule has 0 saturated carbocycles. The molecule has 0 saturated heterocycles. The minimum atomic E-state index is -3.97. The first kappa shape index (κ1) is 24.1. The molecule has 3 aromatic rings. The number of amides is 1. The number of carbonyl (C=O) groups is 1. The molecule has 8 nitrogen and oxygen atoms in total. The molecule has 1 amide bonds. The van der Waals surface area contributed by atoms with Crippen LogP contribution in [0.2, 0.25) is 0 Å². The van der Waals surface area contributed by atoms with E-state index >= 15 is 0 Å². The van der Waals surface area contributed by atoms with Crippen molar-refractivity contribution in [3.63, 3.8) is 0 Å². The summed E-state index contributed by atoms with van der Waals surface area (Å²) in [6.07, 6.45) is 0. The van der Waals surface area contributed by atoms with Gasteiger partial charge in [0.25, 0.3) is 5.91 Å². The molecule has 4 rings (SSSR count). The van der Waals surface area contributed by atoms with Crippen LogP contribution < -0.4 is 14.9 Å². The van der Waals surface area contributed by atoms with Crippen LogP contribution in [0.4, 0.5) is 27.1 Å². The summed E-state index contributed by atoms with van der Waals surface area (Å²) in [6.45, 7) is 1.84. The molecular weight excluding hydrogens is 469 g/mol. The van der Waals surface area contributed by atoms with E-state index < -0.39 is 21.7 Å². The second-order valence-electron chi connectivity index (χ2n) is 8.24. The van der Waals surface area contributed by atoms with E-state index in [0.717, 1.165) is 11.3 Å². The van der Waals surface area contributed by atoms with Crippen LogP contribution in [0.15, 0.2) is 76.6 Å². The van der Waals surface area contributed by atoms with Crippen molar-refractivity contribution in [2.75, 3.05) is 31.4 Å². The van der Waals surface area contributed by atoms with Crippen molar-refractivity contribution in [3.8, 4) is 0 Å². The summed E-state index contributed by atoms with van der Waals surface area (Å²) < 4.78 is 44.3. The van der Waals surface area contributed by atoms with E-state index in [9.17, 15) is 17.6 Å². The number of benzene rings is 3. The summed E-state index contributed by atoms with van der Waals surface area (Å²) in [5.41, 5.74) is 2.30. The molecule has 0 bridgehead atoms. The van der Waals surface area contributed by atoms with Gasteiger partial charge in [-0.2, -0.15) is 13.1 Å². The Hall–Kier alpha value is -4.05. The highest BCUT2D eigenvalue weighted by Gasteiger charge is 2.39. The normalized spacial score (nSPS) is 14.7. The van der Waals surface area contributed by atoms with Crippen molar-refractivity contribution in [3.05, 3.63) is 78.1 Å². The topological polar surface area (TPSA) is 93.9 Å². The van der Waals surface area contributed by atoms with Crippen LogP contribution >= 0.6 is 0 Å². The lowest BCUT2D eigenvalue weighted by Gasteiger charge is -2.18. The number of aliphatic imine (C=N–C) groups is 1. The first-order chi connectivity index (χ1) is 16.6. The number of aryl methyl sites for hydroxylation is 1. The minimum absolute atomic E-state index is 0.0476. The molecule has 0 unspecified atom stereocenters. The second kappa shape index (κ2) is 9.30. The highest BCUT2D eigenvalue weighted by atomic mass is 32.2. The van der Waals surface area contributed by atoms with Gasteiger partial charge in [-0.05, 0) is 55.0 Å². The van der Waals surface area contributed by atoms with Crippen LogP contribution in [0.1, 0.15) is 5.56 Å². The maximum atomic E-state index is 14.3. The zero-order chi connectivity index (χ0) is 25.3. The summed E-state index contributed by atoms with van der Waals surface area (Å²) in [5, 5.41) is 2.51. The fraction of sp³-hybridized carbons (Fsp3) is 0.160. The standard InChI is InChI=1S/C25H24FN5O3S/c1-16-15-17(30(2)3)13-14-19(16)27-23(25(32)28-20-10-6-5-9-18(20)26)24-29-35(33,34)22-12-8-7-11-21(22)31(24)4/h5-15H,1-4H3,(H,28,32)/p+1. The molecule has 0 fully saturated rings. The molecule has 0 radical (unpaired) electrons. The molecular formula is C25H25FN5O3S+. The predicted octanol–water partition coefficient (Wildman–Crippen LogP) is 3.58. The van der Waals surface area contributed by atoms with E-state index in [-0.39, 0.29) is 22.1 Å². The summed E-state index contributed by atoms with van der Waals surface area (Å²) in [7, 11) is 1.47. The van der Waals surface area contributed by atoms with Crippen LogP contribution in [0.5, 0.6) is 0 Å². The maximum Gasteiger partial charge on any atom is 0.333 e. The molecule has 1 heterocycles. The van der Waals surface area contributed by atoms with E-state index in [4.69, 9.17) is 0 Å². The van der Waals surface area contributed by atoms with Crippen molar-refractivity contribution in [1.29, 1.82) is 0 Å². The molecule has 10 heteroatoms. The van der Waals surface area contributed by atoms with Crippen LogP contribution in [0, 0.1) is 12.7 Å². The Labute approximate surface area is 203 Å². The fourth-order valence-corrected chi connectivity index (χ4v) is 5.00. The second-order valence-corrected chi connectivity index (χ2v) is 9.89. The minimum Gasteiger partial charge on any atom is -0.378 e. The molecule has 0 aliphatic carbocycles. The molecule has 2 N–H and O–H groups in total. The monoisotopic (exact) mass is 494 g/mol. The number of hydrogen-bond donors (Lipinski definition) is 2. The van der Waals surface area contributed by atoms with Gasteiger partial charge in [-0.1, -0.05) is 24.3 Å². The Morgan fingerprint density at radius 2 is 1.74 bits per heavy atom. The van der Waals surface area contributed by atoms with Gasteiger partial charge in [-0.3, -0.25) is 4.79 Å². The number of hydrogen-bond acceptors (Lipinski definition) is 5. The molecule has 0 atom stereocenters. The molecule has 1 aliphatic rings. The van der Waals surface area contributed by atoms with Gasteiger partial charge < -0.3 is 10.2 Å². The Kier molecular flexibility index (Phi) is 6.40. The third kappa shape index (κ3) is 4.78. The highest BCUT2D eigenvalue weighted by Crippen LogP contribution is 2.28. The van der Waals surface area contributed by atoms with Crippen LogP contribution in [0.25, 0.3) is 0 Å². The molecule has 3 aromatic carbocycles. The first-order valence-electron chi connectivity index (χ1n) is 10.7. The summed E-state index contributed by atoms with van der Waals surface area (Å²) in [4.78, 5) is 20.0. The van der Waals surface area contributed by atoms with Gasteiger partial charge in [0.15, 0.2) is 4.90 Å². The van der Waals surface area contributed by atoms with Crippen molar-refractivity contribution >= 4 is 50.2 Å². The van der Waals surface area contributed by atoms with Gasteiger partial charge in [0, 0.05) is 19.8 Å². The number of sulfonamides is 1. The zero-order valence-electron chi connectivity index (χ0n) is 19.7. The Morgan fingerprint density at radius 3 is 2.43 bits per heavy atom. The fourth-order valence-electron chi connectivity index (χ4n) is 3.66. The zero-order valence-corrected chi connectivity index (χ0v) is 20.5. The summed E-state index contributed by atoms with van der Waals surface area (Å²) >= 11 is 0. The Balaban J connectivity index is 1.89. The number of halogens is 1. The van der Waals surface area contributed by atoms with Gasteiger partial charge in [-0.15, -0.1) is 0 Å². The van der Waals surface area contributed by atoms with Crippen molar-refractivity contribution < 1.29 is 22.2 Å². The highest BCUT2D eigenvalue weighted by molar-refractivity contribution is 7.90. The van der Waals surface area contributed by atoms with Gasteiger partial charge in [-0.25, -0.2) is 14.0 Å². The van der Waals surface area contributed by atoms with Gasteiger partial charge in [0.1, 0.15) is 11.5 Å². The number of nitrogens with one attached hydrogen (secondary N) is 2. The molecule has 0 aromatic heterocycles. The van der Waals surface area contributed by atoms with Gasteiger partial charge >= 0.3 is 15.9 Å². The van der Waals surface area contributed by atoms with Crippen LogP contribution in [-0.4, -0.2) is 51.6 Å². The summed E-state index contributed by atoms with van der Waals surface area (Å²) in [6, 6.07) is 17.6. The van der Waals surface area contributed by atoms with Crippen molar-refractivity contribution in [2.45, 2.75) is 11.8 Å². The number of rotatable bonds is 5. The molecule has 1 aliphatic heterocycles. The smallest absolute Gasteiger partial charge is 0.333 e. The number of para-hydroxylation sites is 2. The quantitative estimate of drug-likeness (QED) is 0.419. The van der Waals surface area contributed by atoms with Gasteiger partial charge in [0.2, 0.25) is 5.71 Å². The Bertz CT molecular complexity index is 1500. The number of nitrogens with zero attached hydrogens (tertiary/aromatic N) is 3. The largest absolute Gasteiger partial charge is 0.378 e. The summed E-state index contributed by atoms with van der Waals surface area (Å²) in [5.74, 6) is -1.44. The predicted molar refractivity (Wildman–Crippen MR) is 135 cm³/mol. The van der Waals surface area contributed by atoms with Crippen LogP contribution in [0.3, 0.4) is 0 Å². The van der Waals surface area contributed by atoms with E-state index in [0.29, 0.717) is 11.4 Å². The third-order valence-corrected chi connectivity index (χ3v) is 6.96. The molecule has 35 heavy (non-hydrogen) atoms. The lowest BCUT2D eigenvalue weighted by molar-refractivity contribution is -0.408. The Morgan fingerprint density at radius 1 is 1.06 bits per heavy atom. The molecule has 0 spiro atoms. The number of carbonyl (C=O) groups excluding carboxylic acids is 1. The average molecular weight is 495 g/mol. The van der Waals surface area contributed by atoms with E-state index in [1.54, 1.807) is 42.0 Å². The van der Waals surface area contributed by atoms with E-state index in [2.05, 4.69) is 15.0 Å². The first-order valence-corrected chi connectivity index (χ1v) is 12.2.